The average molecular weight is 148 g/mol. The lowest BCUT2D eigenvalue weighted by molar-refractivity contribution is 0.0210. The molecule has 0 fully saturated rings. The van der Waals surface area contributed by atoms with Crippen LogP contribution in [0.2, 0.25) is 0 Å². The largest absolute Gasteiger partial charge is 0.304 e. The molecule has 0 saturated heterocycles. The maximum atomic E-state index is 4.90. The molecule has 0 spiro atoms. The fraction of sp³-hybridized carbons (Fsp3) is 1.00. The van der Waals surface area contributed by atoms with E-state index in [-0.39, 0.29) is 5.92 Å². The van der Waals surface area contributed by atoms with Gasteiger partial charge in [-0.15, -0.1) is 0 Å². The molecule has 0 radical (unpaired) electrons. The quantitative estimate of drug-likeness (QED) is 0.540. The van der Waals surface area contributed by atoms with Gasteiger partial charge in [-0.2, -0.15) is 0 Å². The normalized spacial score (nSPS) is 11.4. The summed E-state index contributed by atoms with van der Waals surface area (Å²) in [5, 5.41) is 0. The molecule has 4 heteroatoms. The van der Waals surface area contributed by atoms with Gasteiger partial charge in [0.25, 0.3) is 0 Å². The first-order chi connectivity index (χ1) is 4.72. The third kappa shape index (κ3) is 3.79. The van der Waals surface area contributed by atoms with Crippen molar-refractivity contribution in [3.05, 3.63) is 0 Å². The fourth-order valence-corrected chi connectivity index (χ4v) is 0.680. The van der Waals surface area contributed by atoms with Gasteiger partial charge >= 0.3 is 0 Å². The Bertz CT molecular complexity index is 72.1. The van der Waals surface area contributed by atoms with Gasteiger partial charge < -0.3 is 9.68 Å². The molecule has 4 N–H and O–H groups in total. The summed E-state index contributed by atoms with van der Waals surface area (Å²) in [5.41, 5.74) is 0. The molecule has 0 aromatic heterocycles. The zero-order chi connectivity index (χ0) is 7.98. The van der Waals surface area contributed by atoms with Crippen molar-refractivity contribution in [3.63, 3.8) is 0 Å². The highest BCUT2D eigenvalue weighted by Gasteiger charge is 2.12. The topological polar surface area (TPSA) is 70.5 Å². The highest BCUT2D eigenvalue weighted by molar-refractivity contribution is 4.59. The van der Waals surface area contributed by atoms with Crippen LogP contribution in [-0.4, -0.2) is 13.2 Å². The lowest BCUT2D eigenvalue weighted by atomic mass is 9.98. The second-order valence-electron chi connectivity index (χ2n) is 2.67. The Morgan fingerprint density at radius 3 is 1.70 bits per heavy atom. The Kier molecular flexibility index (Phi) is 5.52. The summed E-state index contributed by atoms with van der Waals surface area (Å²) in [6, 6.07) is 0. The molecule has 4 nitrogen and oxygen atoms in total. The summed E-state index contributed by atoms with van der Waals surface area (Å²) < 4.78 is 0. The molecule has 10 heavy (non-hydrogen) atoms. The fourth-order valence-electron chi connectivity index (χ4n) is 0.680. The zero-order valence-electron chi connectivity index (χ0n) is 6.54. The number of nitrogens with two attached hydrogens (primary N) is 2. The van der Waals surface area contributed by atoms with Gasteiger partial charge in [0, 0.05) is 5.92 Å². The third-order valence-electron chi connectivity index (χ3n) is 1.56. The number of rotatable bonds is 5. The van der Waals surface area contributed by atoms with Crippen LogP contribution in [-0.2, 0) is 9.68 Å². The molecule has 0 rings (SSSR count). The summed E-state index contributed by atoms with van der Waals surface area (Å²) >= 11 is 0. The van der Waals surface area contributed by atoms with Crippen LogP contribution in [0.3, 0.4) is 0 Å². The van der Waals surface area contributed by atoms with Crippen LogP contribution in [0.5, 0.6) is 0 Å². The zero-order valence-corrected chi connectivity index (χ0v) is 6.54. The highest BCUT2D eigenvalue weighted by Crippen LogP contribution is 2.09. The molecule has 0 atom stereocenters. The van der Waals surface area contributed by atoms with Gasteiger partial charge in [-0.25, -0.2) is 11.8 Å². The van der Waals surface area contributed by atoms with E-state index in [0.29, 0.717) is 19.1 Å². The van der Waals surface area contributed by atoms with E-state index in [1.807, 2.05) is 0 Å². The minimum absolute atomic E-state index is 0.287. The Morgan fingerprint density at radius 2 is 1.50 bits per heavy atom. The molecule has 0 aliphatic rings. The molecule has 0 aliphatic carbocycles. The predicted octanol–water partition coefficient (Wildman–Crippen LogP) is 0.0392. The molecule has 0 heterocycles. The molecule has 0 saturated carbocycles. The van der Waals surface area contributed by atoms with E-state index in [2.05, 4.69) is 23.5 Å². The third-order valence-corrected chi connectivity index (χ3v) is 1.56. The lowest BCUT2D eigenvalue weighted by Crippen LogP contribution is -2.24. The monoisotopic (exact) mass is 148 g/mol. The second-order valence-corrected chi connectivity index (χ2v) is 2.67. The minimum atomic E-state index is 0.287. The smallest absolute Gasteiger partial charge is 0.0732 e. The van der Waals surface area contributed by atoms with Crippen molar-refractivity contribution in [3.8, 4) is 0 Å². The van der Waals surface area contributed by atoms with Gasteiger partial charge in [0.2, 0.25) is 0 Å². The first-order valence-electron chi connectivity index (χ1n) is 3.35. The van der Waals surface area contributed by atoms with Crippen LogP contribution in [0.15, 0.2) is 0 Å². The summed E-state index contributed by atoms with van der Waals surface area (Å²) in [4.78, 5) is 8.96. The molecule has 0 aromatic rings. The van der Waals surface area contributed by atoms with Crippen LogP contribution in [0.25, 0.3) is 0 Å². The Labute approximate surface area is 61.4 Å². The van der Waals surface area contributed by atoms with Crippen LogP contribution >= 0.6 is 0 Å². The molecular weight excluding hydrogens is 132 g/mol. The van der Waals surface area contributed by atoms with Crippen molar-refractivity contribution in [1.29, 1.82) is 0 Å². The van der Waals surface area contributed by atoms with Crippen molar-refractivity contribution in [2.24, 2.45) is 23.6 Å². The van der Waals surface area contributed by atoms with Gasteiger partial charge in [0.15, 0.2) is 0 Å². The Morgan fingerprint density at radius 1 is 1.10 bits per heavy atom. The molecular formula is C6H16N2O2. The van der Waals surface area contributed by atoms with Crippen molar-refractivity contribution in [2.45, 2.75) is 13.8 Å². The first kappa shape index (κ1) is 9.84. The summed E-state index contributed by atoms with van der Waals surface area (Å²) in [5.74, 6) is 10.6. The number of hydrogen-bond donors (Lipinski definition) is 2. The summed E-state index contributed by atoms with van der Waals surface area (Å²) in [7, 11) is 0. The van der Waals surface area contributed by atoms with Crippen molar-refractivity contribution < 1.29 is 9.68 Å². The van der Waals surface area contributed by atoms with Crippen molar-refractivity contribution in [2.75, 3.05) is 13.2 Å². The molecule has 0 unspecified atom stereocenters. The lowest BCUT2D eigenvalue weighted by Gasteiger charge is -2.17. The second kappa shape index (κ2) is 5.61. The van der Waals surface area contributed by atoms with E-state index in [0.717, 1.165) is 0 Å². The molecule has 0 aliphatic heterocycles. The summed E-state index contributed by atoms with van der Waals surface area (Å²) in [6.07, 6.45) is 0. The van der Waals surface area contributed by atoms with Crippen LogP contribution < -0.4 is 11.8 Å². The van der Waals surface area contributed by atoms with Gasteiger partial charge in [0.05, 0.1) is 13.2 Å². The predicted molar refractivity (Wildman–Crippen MR) is 38.6 cm³/mol. The van der Waals surface area contributed by atoms with E-state index >= 15 is 0 Å². The van der Waals surface area contributed by atoms with Crippen LogP contribution in [0, 0.1) is 11.8 Å². The maximum absolute atomic E-state index is 4.90. The molecule has 62 valence electrons. The SMILES string of the molecule is CC(C)C(CON)CON. The maximum Gasteiger partial charge on any atom is 0.0732 e. The van der Waals surface area contributed by atoms with Crippen LogP contribution in [0.4, 0.5) is 0 Å². The van der Waals surface area contributed by atoms with E-state index in [1.54, 1.807) is 0 Å². The Balaban J connectivity index is 3.50. The van der Waals surface area contributed by atoms with E-state index in [1.165, 1.54) is 0 Å². The van der Waals surface area contributed by atoms with E-state index in [9.17, 15) is 0 Å². The minimum Gasteiger partial charge on any atom is -0.304 e. The van der Waals surface area contributed by atoms with Gasteiger partial charge in [-0.05, 0) is 5.92 Å². The van der Waals surface area contributed by atoms with Crippen LogP contribution in [0.1, 0.15) is 13.8 Å². The van der Waals surface area contributed by atoms with Crippen molar-refractivity contribution in [1.82, 2.24) is 0 Å². The first-order valence-corrected chi connectivity index (χ1v) is 3.35. The van der Waals surface area contributed by atoms with E-state index in [4.69, 9.17) is 11.8 Å². The van der Waals surface area contributed by atoms with Gasteiger partial charge in [-0.1, -0.05) is 13.8 Å². The number of hydrogen-bond acceptors (Lipinski definition) is 4. The highest BCUT2D eigenvalue weighted by atomic mass is 16.6. The van der Waals surface area contributed by atoms with Gasteiger partial charge in [-0.3, -0.25) is 0 Å². The molecule has 0 bridgehead atoms. The standard InChI is InChI=1S/C6H16N2O2/c1-5(2)6(3-9-7)4-10-8/h5-6H,3-4,7-8H2,1-2H3. The van der Waals surface area contributed by atoms with Gasteiger partial charge in [0.1, 0.15) is 0 Å². The molecule has 0 aromatic carbocycles. The summed E-state index contributed by atoms with van der Waals surface area (Å²) in [6.45, 7) is 5.13. The van der Waals surface area contributed by atoms with Crippen molar-refractivity contribution >= 4 is 0 Å². The Hall–Kier alpha value is -0.160. The van der Waals surface area contributed by atoms with E-state index < -0.39 is 0 Å². The molecule has 0 amide bonds. The average Bonchev–Trinajstić information content (AvgIpc) is 1.87.